The second kappa shape index (κ2) is 5.18. The molecule has 0 atom stereocenters. The first-order valence-electron chi connectivity index (χ1n) is 5.91. The number of benzene rings is 1. The topological polar surface area (TPSA) is 48.7 Å². The molecule has 2 aromatic rings. The van der Waals surface area contributed by atoms with Gasteiger partial charge in [0.25, 0.3) is 0 Å². The smallest absolute Gasteiger partial charge is 0.204 e. The quantitative estimate of drug-likeness (QED) is 0.792. The average Bonchev–Trinajstić information content (AvgIpc) is 2.75. The van der Waals surface area contributed by atoms with Crippen LogP contribution >= 0.6 is 0 Å². The molecular weight excluding hydrogens is 244 g/mol. The summed E-state index contributed by atoms with van der Waals surface area (Å²) in [5.41, 5.74) is 0.941. The minimum absolute atomic E-state index is 0.163. The van der Waals surface area contributed by atoms with Gasteiger partial charge in [0.1, 0.15) is 28.6 Å². The molecule has 2 rings (SSSR count). The van der Waals surface area contributed by atoms with Crippen molar-refractivity contribution in [3.8, 4) is 11.5 Å². The van der Waals surface area contributed by atoms with Crippen molar-refractivity contribution in [1.82, 2.24) is 0 Å². The van der Waals surface area contributed by atoms with Crippen molar-refractivity contribution < 1.29 is 18.7 Å². The van der Waals surface area contributed by atoms with Gasteiger partial charge in [-0.1, -0.05) is 6.07 Å². The van der Waals surface area contributed by atoms with Gasteiger partial charge in [0.05, 0.1) is 19.8 Å². The fraction of sp³-hybridized carbons (Fsp3) is 0.267. The van der Waals surface area contributed by atoms with Gasteiger partial charge in [-0.05, 0) is 32.0 Å². The van der Waals surface area contributed by atoms with Crippen LogP contribution in [-0.2, 0) is 0 Å². The molecule has 0 amide bonds. The van der Waals surface area contributed by atoms with Gasteiger partial charge in [-0.3, -0.25) is 4.79 Å². The van der Waals surface area contributed by atoms with Crippen LogP contribution in [0.5, 0.6) is 11.5 Å². The number of hydrogen-bond donors (Lipinski definition) is 0. The van der Waals surface area contributed by atoms with Gasteiger partial charge < -0.3 is 13.9 Å². The zero-order valence-electron chi connectivity index (χ0n) is 11.4. The summed E-state index contributed by atoms with van der Waals surface area (Å²) < 4.78 is 15.9. The van der Waals surface area contributed by atoms with E-state index in [9.17, 15) is 4.79 Å². The Kier molecular flexibility index (Phi) is 3.60. The minimum Gasteiger partial charge on any atom is -0.496 e. The highest BCUT2D eigenvalue weighted by Crippen LogP contribution is 2.31. The first-order chi connectivity index (χ1) is 9.08. The van der Waals surface area contributed by atoms with E-state index in [-0.39, 0.29) is 5.78 Å². The SMILES string of the molecule is COc1cccc(OC)c1C(=O)c1cc(C)oc1C. The summed E-state index contributed by atoms with van der Waals surface area (Å²) in [4.78, 5) is 12.6. The normalized spacial score (nSPS) is 10.3. The van der Waals surface area contributed by atoms with Crippen molar-refractivity contribution in [3.05, 3.63) is 46.9 Å². The number of carbonyl (C=O) groups is 1. The van der Waals surface area contributed by atoms with Gasteiger partial charge in [-0.2, -0.15) is 0 Å². The van der Waals surface area contributed by atoms with Crippen molar-refractivity contribution in [2.24, 2.45) is 0 Å². The second-order valence-corrected chi connectivity index (χ2v) is 4.19. The summed E-state index contributed by atoms with van der Waals surface area (Å²) in [6, 6.07) is 6.97. The van der Waals surface area contributed by atoms with Crippen LogP contribution in [0.1, 0.15) is 27.4 Å². The Balaban J connectivity index is 2.58. The molecule has 0 N–H and O–H groups in total. The van der Waals surface area contributed by atoms with E-state index in [1.54, 1.807) is 31.2 Å². The van der Waals surface area contributed by atoms with Crippen molar-refractivity contribution >= 4 is 5.78 Å². The Bertz CT molecular complexity index is 588. The van der Waals surface area contributed by atoms with E-state index in [4.69, 9.17) is 13.9 Å². The molecule has 0 fully saturated rings. The molecule has 0 saturated carbocycles. The van der Waals surface area contributed by atoms with Crippen LogP contribution in [0.2, 0.25) is 0 Å². The van der Waals surface area contributed by atoms with Crippen LogP contribution in [0, 0.1) is 13.8 Å². The number of rotatable bonds is 4. The van der Waals surface area contributed by atoms with Crippen molar-refractivity contribution in [2.75, 3.05) is 14.2 Å². The maximum atomic E-state index is 12.6. The number of carbonyl (C=O) groups excluding carboxylic acids is 1. The molecule has 19 heavy (non-hydrogen) atoms. The molecule has 0 unspecified atom stereocenters. The summed E-state index contributed by atoms with van der Waals surface area (Å²) in [6.45, 7) is 3.57. The number of ketones is 1. The molecule has 4 heteroatoms. The average molecular weight is 260 g/mol. The number of furan rings is 1. The third-order valence-electron chi connectivity index (χ3n) is 2.94. The fourth-order valence-corrected chi connectivity index (χ4v) is 2.07. The van der Waals surface area contributed by atoms with Crippen LogP contribution in [0.4, 0.5) is 0 Å². The highest BCUT2D eigenvalue weighted by Gasteiger charge is 2.23. The maximum absolute atomic E-state index is 12.6. The van der Waals surface area contributed by atoms with Crippen LogP contribution in [-0.4, -0.2) is 20.0 Å². The molecule has 0 aliphatic heterocycles. The van der Waals surface area contributed by atoms with E-state index >= 15 is 0 Å². The van der Waals surface area contributed by atoms with Gasteiger partial charge in [-0.15, -0.1) is 0 Å². The molecule has 100 valence electrons. The summed E-state index contributed by atoms with van der Waals surface area (Å²) in [6.07, 6.45) is 0. The lowest BCUT2D eigenvalue weighted by Gasteiger charge is -2.11. The zero-order valence-corrected chi connectivity index (χ0v) is 11.4. The number of ether oxygens (including phenoxy) is 2. The molecule has 0 spiro atoms. The maximum Gasteiger partial charge on any atom is 0.204 e. The largest absolute Gasteiger partial charge is 0.496 e. The molecule has 1 aromatic heterocycles. The summed E-state index contributed by atoms with van der Waals surface area (Å²) in [5, 5.41) is 0. The molecule has 0 aliphatic rings. The minimum atomic E-state index is -0.163. The zero-order chi connectivity index (χ0) is 14.0. The van der Waals surface area contributed by atoms with E-state index in [1.807, 2.05) is 6.92 Å². The van der Waals surface area contributed by atoms with Gasteiger partial charge in [-0.25, -0.2) is 0 Å². The molecule has 0 aliphatic carbocycles. The summed E-state index contributed by atoms with van der Waals surface area (Å²) in [7, 11) is 3.05. The van der Waals surface area contributed by atoms with Crippen LogP contribution < -0.4 is 9.47 Å². The molecule has 1 aromatic carbocycles. The van der Waals surface area contributed by atoms with Crippen LogP contribution in [0.3, 0.4) is 0 Å². The van der Waals surface area contributed by atoms with E-state index in [0.717, 1.165) is 0 Å². The van der Waals surface area contributed by atoms with Crippen molar-refractivity contribution in [1.29, 1.82) is 0 Å². The second-order valence-electron chi connectivity index (χ2n) is 4.19. The third-order valence-corrected chi connectivity index (χ3v) is 2.94. The first kappa shape index (κ1) is 13.2. The molecule has 0 bridgehead atoms. The summed E-state index contributed by atoms with van der Waals surface area (Å²) in [5.74, 6) is 2.11. The lowest BCUT2D eigenvalue weighted by molar-refractivity contribution is 0.103. The Hall–Kier alpha value is -2.23. The highest BCUT2D eigenvalue weighted by atomic mass is 16.5. The Morgan fingerprint density at radius 3 is 2.11 bits per heavy atom. The van der Waals surface area contributed by atoms with Crippen LogP contribution in [0.15, 0.2) is 28.7 Å². The fourth-order valence-electron chi connectivity index (χ4n) is 2.07. The summed E-state index contributed by atoms with van der Waals surface area (Å²) >= 11 is 0. The molecule has 0 saturated heterocycles. The molecule has 1 heterocycles. The highest BCUT2D eigenvalue weighted by molar-refractivity contribution is 6.13. The van der Waals surface area contributed by atoms with Crippen molar-refractivity contribution in [2.45, 2.75) is 13.8 Å². The third kappa shape index (κ3) is 2.34. The molecule has 0 radical (unpaired) electrons. The van der Waals surface area contributed by atoms with E-state index in [0.29, 0.717) is 34.1 Å². The van der Waals surface area contributed by atoms with Gasteiger partial charge in [0, 0.05) is 0 Å². The monoisotopic (exact) mass is 260 g/mol. The standard InChI is InChI=1S/C15H16O4/c1-9-8-11(10(2)19-9)15(16)14-12(17-3)6-5-7-13(14)18-4/h5-8H,1-4H3. The van der Waals surface area contributed by atoms with E-state index in [2.05, 4.69) is 0 Å². The van der Waals surface area contributed by atoms with E-state index < -0.39 is 0 Å². The predicted molar refractivity (Wildman–Crippen MR) is 71.2 cm³/mol. The Labute approximate surface area is 111 Å². The van der Waals surface area contributed by atoms with Gasteiger partial charge in [0.15, 0.2) is 0 Å². The Morgan fingerprint density at radius 1 is 1.11 bits per heavy atom. The first-order valence-corrected chi connectivity index (χ1v) is 5.91. The van der Waals surface area contributed by atoms with Gasteiger partial charge in [0.2, 0.25) is 5.78 Å². The molecular formula is C15H16O4. The van der Waals surface area contributed by atoms with Crippen molar-refractivity contribution in [3.63, 3.8) is 0 Å². The van der Waals surface area contributed by atoms with Crippen LogP contribution in [0.25, 0.3) is 0 Å². The number of methoxy groups -OCH3 is 2. The number of aryl methyl sites for hydroxylation is 2. The van der Waals surface area contributed by atoms with E-state index in [1.165, 1.54) is 14.2 Å². The number of hydrogen-bond acceptors (Lipinski definition) is 4. The lowest BCUT2D eigenvalue weighted by Crippen LogP contribution is -2.06. The predicted octanol–water partition coefficient (Wildman–Crippen LogP) is 3.14. The molecule has 4 nitrogen and oxygen atoms in total. The van der Waals surface area contributed by atoms with Gasteiger partial charge >= 0.3 is 0 Å². The lowest BCUT2D eigenvalue weighted by atomic mass is 10.0. The Morgan fingerprint density at radius 2 is 1.68 bits per heavy atom.